The lowest BCUT2D eigenvalue weighted by Gasteiger charge is -2.31. The van der Waals surface area contributed by atoms with Crippen molar-refractivity contribution in [1.29, 1.82) is 0 Å². The number of ether oxygens (including phenoxy) is 1. The Labute approximate surface area is 215 Å². The summed E-state index contributed by atoms with van der Waals surface area (Å²) in [7, 11) is 0. The van der Waals surface area contributed by atoms with Gasteiger partial charge in [0.05, 0.1) is 11.6 Å². The molecule has 0 bridgehead atoms. The Balaban J connectivity index is 1.14. The van der Waals surface area contributed by atoms with E-state index in [1.54, 1.807) is 24.3 Å². The average molecular weight is 508 g/mol. The maximum atomic E-state index is 13.6. The van der Waals surface area contributed by atoms with E-state index in [4.69, 9.17) is 4.74 Å². The summed E-state index contributed by atoms with van der Waals surface area (Å²) in [5.74, 6) is -1.67. The maximum absolute atomic E-state index is 13.6. The van der Waals surface area contributed by atoms with Crippen LogP contribution in [0.2, 0.25) is 0 Å². The first-order chi connectivity index (χ1) is 17.8. The first kappa shape index (κ1) is 25.0. The Morgan fingerprint density at radius 1 is 1.16 bits per heavy atom. The highest BCUT2D eigenvalue weighted by atomic mass is 19.3. The highest BCUT2D eigenvalue weighted by Crippen LogP contribution is 2.30. The van der Waals surface area contributed by atoms with Gasteiger partial charge in [-0.1, -0.05) is 24.3 Å². The molecule has 1 atom stereocenters. The van der Waals surface area contributed by atoms with Gasteiger partial charge in [0.15, 0.2) is 0 Å². The molecule has 3 heterocycles. The van der Waals surface area contributed by atoms with Crippen LogP contribution in [0.1, 0.15) is 34.0 Å². The zero-order chi connectivity index (χ0) is 25.8. The van der Waals surface area contributed by atoms with E-state index >= 15 is 0 Å². The van der Waals surface area contributed by atoms with E-state index in [1.165, 1.54) is 24.0 Å². The molecule has 1 aromatic heterocycles. The van der Waals surface area contributed by atoms with Crippen molar-refractivity contribution in [2.24, 2.45) is 0 Å². The number of hydrogen-bond acceptors (Lipinski definition) is 6. The van der Waals surface area contributed by atoms with Gasteiger partial charge in [0, 0.05) is 63.2 Å². The number of benzene rings is 2. The van der Waals surface area contributed by atoms with Gasteiger partial charge >= 0.3 is 0 Å². The summed E-state index contributed by atoms with van der Waals surface area (Å²) in [4.78, 5) is 19.5. The molecule has 0 spiro atoms. The van der Waals surface area contributed by atoms with Crippen molar-refractivity contribution in [3.63, 3.8) is 0 Å². The molecule has 194 valence electrons. The number of rotatable bonds is 7. The number of fused-ring (bicyclic) bond motifs is 1. The minimum Gasteiger partial charge on any atom is -0.491 e. The number of hydrogen-bond donors (Lipinski definition) is 3. The molecule has 2 aromatic carbocycles. The third kappa shape index (κ3) is 6.17. The van der Waals surface area contributed by atoms with Crippen molar-refractivity contribution in [3.05, 3.63) is 83.0 Å². The molecule has 5 rings (SSSR count). The fourth-order valence-corrected chi connectivity index (χ4v) is 4.62. The summed E-state index contributed by atoms with van der Waals surface area (Å²) in [6, 6.07) is 15.9. The van der Waals surface area contributed by atoms with Crippen LogP contribution >= 0.6 is 0 Å². The van der Waals surface area contributed by atoms with Gasteiger partial charge < -0.3 is 25.6 Å². The molecule has 7 nitrogen and oxygen atoms in total. The van der Waals surface area contributed by atoms with Crippen LogP contribution in [0.3, 0.4) is 0 Å². The van der Waals surface area contributed by atoms with E-state index in [2.05, 4.69) is 44.0 Å². The number of piperazine rings is 1. The summed E-state index contributed by atoms with van der Waals surface area (Å²) in [5.41, 5.74) is 3.39. The number of anilines is 2. The predicted octanol–water partition coefficient (Wildman–Crippen LogP) is 3.95. The minimum atomic E-state index is -2.89. The van der Waals surface area contributed by atoms with E-state index in [-0.39, 0.29) is 17.5 Å². The van der Waals surface area contributed by atoms with Crippen molar-refractivity contribution in [3.8, 4) is 5.75 Å². The summed E-state index contributed by atoms with van der Waals surface area (Å²) in [6.45, 7) is 5.55. The molecule has 1 fully saturated rings. The standard InChI is InChI=1S/C28H31F2N5O2/c1-28(29,30)22-4-2-3-19(13-22)16-32-26-8-6-21(17-33-26)27(36)34-23-14-20-5-7-24(15-25(20)37-18-23)35-11-9-31-10-12-35/h2-8,13,15,17,23,31H,9-12,14,16,18H2,1H3,(H,32,33)(H,34,36)/t23-/m1/s1. The second-order valence-electron chi connectivity index (χ2n) is 9.59. The van der Waals surface area contributed by atoms with Crippen molar-refractivity contribution in [2.75, 3.05) is 43.0 Å². The van der Waals surface area contributed by atoms with Gasteiger partial charge in [-0.2, -0.15) is 0 Å². The molecule has 0 saturated carbocycles. The molecule has 9 heteroatoms. The lowest BCUT2D eigenvalue weighted by molar-refractivity contribution is 0.0174. The number of nitrogens with zero attached hydrogens (tertiary/aromatic N) is 2. The molecule has 1 amide bonds. The lowest BCUT2D eigenvalue weighted by Crippen LogP contribution is -2.44. The Morgan fingerprint density at radius 2 is 2.00 bits per heavy atom. The van der Waals surface area contributed by atoms with Gasteiger partial charge in [0.1, 0.15) is 18.2 Å². The van der Waals surface area contributed by atoms with Gasteiger partial charge in [-0.15, -0.1) is 0 Å². The zero-order valence-electron chi connectivity index (χ0n) is 20.8. The first-order valence-electron chi connectivity index (χ1n) is 12.5. The molecule has 3 N–H and O–H groups in total. The molecule has 0 aliphatic carbocycles. The highest BCUT2D eigenvalue weighted by molar-refractivity contribution is 5.94. The van der Waals surface area contributed by atoms with Crippen LogP contribution in [-0.4, -0.2) is 49.7 Å². The number of amides is 1. The molecule has 1 saturated heterocycles. The van der Waals surface area contributed by atoms with Gasteiger partial charge in [-0.3, -0.25) is 4.79 Å². The summed E-state index contributed by atoms with van der Waals surface area (Å²) in [6.07, 6.45) is 2.21. The van der Waals surface area contributed by atoms with E-state index in [0.717, 1.165) is 50.0 Å². The number of alkyl halides is 2. The van der Waals surface area contributed by atoms with E-state index < -0.39 is 5.92 Å². The lowest BCUT2D eigenvalue weighted by atomic mass is 10.0. The summed E-state index contributed by atoms with van der Waals surface area (Å²) < 4.78 is 33.1. The van der Waals surface area contributed by atoms with Crippen LogP contribution < -0.4 is 25.6 Å². The third-order valence-corrected chi connectivity index (χ3v) is 6.71. The smallest absolute Gasteiger partial charge is 0.270 e. The topological polar surface area (TPSA) is 78.5 Å². The predicted molar refractivity (Wildman–Crippen MR) is 140 cm³/mol. The SMILES string of the molecule is CC(F)(F)c1cccc(CNc2ccc(C(=O)N[C@H]3COc4cc(N5CCNCC5)ccc4C3)cn2)c1. The second-order valence-corrected chi connectivity index (χ2v) is 9.59. The number of carbonyl (C=O) groups is 1. The third-order valence-electron chi connectivity index (χ3n) is 6.71. The fraction of sp³-hybridized carbons (Fsp3) is 0.357. The van der Waals surface area contributed by atoms with Gasteiger partial charge in [0.25, 0.3) is 11.8 Å². The van der Waals surface area contributed by atoms with E-state index in [1.807, 2.05) is 0 Å². The number of nitrogens with one attached hydrogen (secondary N) is 3. The molecule has 0 unspecified atom stereocenters. The Morgan fingerprint density at radius 3 is 2.76 bits per heavy atom. The molecule has 37 heavy (non-hydrogen) atoms. The Bertz CT molecular complexity index is 1240. The highest BCUT2D eigenvalue weighted by Gasteiger charge is 2.25. The van der Waals surface area contributed by atoms with E-state index in [9.17, 15) is 13.6 Å². The van der Waals surface area contributed by atoms with Crippen molar-refractivity contribution < 1.29 is 18.3 Å². The van der Waals surface area contributed by atoms with Gasteiger partial charge in [-0.25, -0.2) is 13.8 Å². The zero-order valence-corrected chi connectivity index (χ0v) is 20.8. The molecular formula is C28H31F2N5O2. The summed E-state index contributed by atoms with van der Waals surface area (Å²) >= 11 is 0. The molecule has 2 aliphatic heterocycles. The molecular weight excluding hydrogens is 476 g/mol. The average Bonchev–Trinajstić information content (AvgIpc) is 2.92. The van der Waals surface area contributed by atoms with Crippen molar-refractivity contribution in [2.45, 2.75) is 31.9 Å². The monoisotopic (exact) mass is 507 g/mol. The minimum absolute atomic E-state index is 0.0268. The Hall–Kier alpha value is -3.72. The fourth-order valence-electron chi connectivity index (χ4n) is 4.62. The largest absolute Gasteiger partial charge is 0.491 e. The van der Waals surface area contributed by atoms with Crippen molar-refractivity contribution >= 4 is 17.4 Å². The maximum Gasteiger partial charge on any atom is 0.270 e. The number of pyridine rings is 1. The number of carbonyl (C=O) groups excluding carboxylic acids is 1. The van der Waals surface area contributed by atoms with E-state index in [0.29, 0.717) is 31.0 Å². The van der Waals surface area contributed by atoms with Crippen molar-refractivity contribution in [1.82, 2.24) is 15.6 Å². The van der Waals surface area contributed by atoms with Gasteiger partial charge in [0.2, 0.25) is 0 Å². The number of aromatic nitrogens is 1. The van der Waals surface area contributed by atoms with Crippen LogP contribution in [0.5, 0.6) is 5.75 Å². The molecule has 0 radical (unpaired) electrons. The Kier molecular flexibility index (Phi) is 7.23. The van der Waals surface area contributed by atoms with Crippen LogP contribution in [0.15, 0.2) is 60.8 Å². The molecule has 3 aromatic rings. The quantitative estimate of drug-likeness (QED) is 0.450. The molecule has 2 aliphatic rings. The van der Waals surface area contributed by atoms with Crippen LogP contribution in [0.4, 0.5) is 20.3 Å². The van der Waals surface area contributed by atoms with Crippen LogP contribution in [0, 0.1) is 0 Å². The summed E-state index contributed by atoms with van der Waals surface area (Å²) in [5, 5.41) is 9.51. The second kappa shape index (κ2) is 10.7. The van der Waals surface area contributed by atoms with Crippen LogP contribution in [-0.2, 0) is 18.9 Å². The first-order valence-corrected chi connectivity index (χ1v) is 12.5. The number of halogens is 2. The normalized spacial score (nSPS) is 17.5. The van der Waals surface area contributed by atoms with Gasteiger partial charge in [-0.05, 0) is 41.8 Å². The van der Waals surface area contributed by atoms with Crippen LogP contribution in [0.25, 0.3) is 0 Å².